The van der Waals surface area contributed by atoms with Crippen LogP contribution in [0.5, 0.6) is 0 Å². The number of hydrogen-bond donors (Lipinski definition) is 3. The van der Waals surface area contributed by atoms with Crippen molar-refractivity contribution >= 4 is 28.4 Å². The average molecular weight is 401 g/mol. The molecule has 0 spiro atoms. The van der Waals surface area contributed by atoms with Crippen molar-refractivity contribution < 1.29 is 9.63 Å². The lowest BCUT2D eigenvalue weighted by atomic mass is 10.0. The fourth-order valence-corrected chi connectivity index (χ4v) is 4.00. The maximum Gasteiger partial charge on any atom is 0.248 e. The van der Waals surface area contributed by atoms with Crippen LogP contribution in [0.3, 0.4) is 0 Å². The first-order chi connectivity index (χ1) is 13.6. The lowest BCUT2D eigenvalue weighted by Crippen LogP contribution is -2.35. The highest BCUT2D eigenvalue weighted by Gasteiger charge is 2.29. The normalized spacial score (nSPS) is 15.3. The first-order valence-electron chi connectivity index (χ1n) is 9.10. The molecule has 0 aliphatic heterocycles. The van der Waals surface area contributed by atoms with E-state index >= 15 is 0 Å². The minimum Gasteiger partial charge on any atom is -0.357 e. The molecule has 0 radical (unpaired) electrons. The molecule has 1 aliphatic carbocycles. The van der Waals surface area contributed by atoms with Gasteiger partial charge in [0.05, 0.1) is 17.8 Å². The number of hydrogen-bond acceptors (Lipinski definition) is 6. The van der Waals surface area contributed by atoms with Gasteiger partial charge in [0.2, 0.25) is 11.5 Å². The van der Waals surface area contributed by atoms with Crippen molar-refractivity contribution in [3.63, 3.8) is 0 Å². The Labute approximate surface area is 167 Å². The number of aromatic amines is 1. The van der Waals surface area contributed by atoms with E-state index in [0.29, 0.717) is 11.7 Å². The van der Waals surface area contributed by atoms with Gasteiger partial charge in [0.25, 0.3) is 0 Å². The Morgan fingerprint density at radius 2 is 2.11 bits per heavy atom. The highest BCUT2D eigenvalue weighted by Crippen LogP contribution is 2.38. The number of amides is 1. The number of carbonyl (C=O) groups excluding carboxylic acids is 1. The largest absolute Gasteiger partial charge is 0.357 e. The van der Waals surface area contributed by atoms with Crippen LogP contribution in [0.15, 0.2) is 52.4 Å². The van der Waals surface area contributed by atoms with Gasteiger partial charge < -0.3 is 15.1 Å². The van der Waals surface area contributed by atoms with Crippen molar-refractivity contribution in [2.24, 2.45) is 10.9 Å². The van der Waals surface area contributed by atoms with Crippen LogP contribution in [-0.4, -0.2) is 30.1 Å². The van der Waals surface area contributed by atoms with E-state index in [1.165, 1.54) is 13.2 Å². The number of pyridine rings is 1. The van der Waals surface area contributed by atoms with Gasteiger partial charge >= 0.3 is 0 Å². The molecule has 1 saturated carbocycles. The second kappa shape index (κ2) is 9.68. The number of hydroxylamine groups is 1. The van der Waals surface area contributed by atoms with Gasteiger partial charge in [-0.2, -0.15) is 5.48 Å². The van der Waals surface area contributed by atoms with E-state index in [0.717, 1.165) is 34.7 Å². The van der Waals surface area contributed by atoms with Crippen molar-refractivity contribution in [3.8, 4) is 0 Å². The number of aliphatic imine (C=N–C) groups is 1. The topological polar surface area (TPSA) is 95.6 Å². The molecule has 0 saturated heterocycles. The molecule has 1 heterocycles. The van der Waals surface area contributed by atoms with E-state index < -0.39 is 6.04 Å². The summed E-state index contributed by atoms with van der Waals surface area (Å²) in [5.41, 5.74) is 5.29. The highest BCUT2D eigenvalue weighted by molar-refractivity contribution is 8.13. The lowest BCUT2D eigenvalue weighted by Gasteiger charge is -2.19. The molecule has 148 valence electrons. The second-order valence-corrected chi connectivity index (χ2v) is 7.49. The number of likely N-dealkylation sites (N-methyl/N-ethyl adjacent to an activating group) is 1. The minimum atomic E-state index is -0.590. The summed E-state index contributed by atoms with van der Waals surface area (Å²) in [4.78, 5) is 35.9. The SMILES string of the molecule is CNC(=O)C(NOC)c1ccccc1CSC(=Nc1ccc(=O)[nH]c1)C1CC1. The standard InChI is InChI=1S/C20H24N4O3S/c1-21-19(26)18(24-27-2)16-6-4-3-5-14(16)12-28-20(13-7-8-13)23-15-9-10-17(25)22-11-15/h3-6,9-11,13,18,24H,7-8,12H2,1-2H3,(H,21,26)(H,22,25). The lowest BCUT2D eigenvalue weighted by molar-refractivity contribution is -0.126. The van der Waals surface area contributed by atoms with Crippen LogP contribution < -0.4 is 16.4 Å². The Morgan fingerprint density at radius 1 is 1.32 bits per heavy atom. The van der Waals surface area contributed by atoms with Crippen LogP contribution in [0.2, 0.25) is 0 Å². The Hall–Kier alpha value is -2.42. The molecule has 1 aromatic heterocycles. The summed E-state index contributed by atoms with van der Waals surface area (Å²) in [7, 11) is 3.10. The molecular weight excluding hydrogens is 376 g/mol. The summed E-state index contributed by atoms with van der Waals surface area (Å²) in [5.74, 6) is 0.993. The Kier molecular flexibility index (Phi) is 7.02. The minimum absolute atomic E-state index is 0.139. The quantitative estimate of drug-likeness (QED) is 0.360. The monoisotopic (exact) mass is 400 g/mol. The molecule has 1 aliphatic rings. The van der Waals surface area contributed by atoms with Crippen LogP contribution in [0, 0.1) is 5.92 Å². The number of rotatable bonds is 8. The van der Waals surface area contributed by atoms with Crippen LogP contribution in [-0.2, 0) is 15.4 Å². The summed E-state index contributed by atoms with van der Waals surface area (Å²) in [5, 5.41) is 3.72. The maximum absolute atomic E-state index is 12.3. The number of benzene rings is 1. The van der Waals surface area contributed by atoms with Gasteiger partial charge in [0.1, 0.15) is 6.04 Å². The van der Waals surface area contributed by atoms with Gasteiger partial charge in [0.15, 0.2) is 0 Å². The fourth-order valence-electron chi connectivity index (χ4n) is 2.79. The zero-order valence-electron chi connectivity index (χ0n) is 15.9. The van der Waals surface area contributed by atoms with E-state index in [9.17, 15) is 9.59 Å². The van der Waals surface area contributed by atoms with Crippen molar-refractivity contribution in [1.29, 1.82) is 0 Å². The van der Waals surface area contributed by atoms with E-state index in [-0.39, 0.29) is 11.5 Å². The summed E-state index contributed by atoms with van der Waals surface area (Å²) in [6.07, 6.45) is 3.88. The molecule has 1 aromatic carbocycles. The molecule has 1 amide bonds. The number of nitrogens with zero attached hydrogens (tertiary/aromatic N) is 1. The third-order valence-corrected chi connectivity index (χ3v) is 5.60. The Balaban J connectivity index is 1.80. The molecule has 3 N–H and O–H groups in total. The molecule has 1 fully saturated rings. The van der Waals surface area contributed by atoms with Crippen LogP contribution in [0.4, 0.5) is 5.69 Å². The fraction of sp³-hybridized carbons (Fsp3) is 0.350. The third-order valence-electron chi connectivity index (χ3n) is 4.42. The molecular formula is C20H24N4O3S. The number of aromatic nitrogens is 1. The predicted molar refractivity (Wildman–Crippen MR) is 112 cm³/mol. The number of thioether (sulfide) groups is 1. The molecule has 0 bridgehead atoms. The Morgan fingerprint density at radius 3 is 2.75 bits per heavy atom. The van der Waals surface area contributed by atoms with Crippen LogP contribution in [0.25, 0.3) is 0 Å². The molecule has 28 heavy (non-hydrogen) atoms. The maximum atomic E-state index is 12.3. The second-order valence-electron chi connectivity index (χ2n) is 6.49. The van der Waals surface area contributed by atoms with Crippen LogP contribution >= 0.6 is 11.8 Å². The number of nitrogens with one attached hydrogen (secondary N) is 3. The first-order valence-corrected chi connectivity index (χ1v) is 10.1. The number of H-pyrrole nitrogens is 1. The molecule has 1 atom stereocenters. The van der Waals surface area contributed by atoms with Crippen molar-refractivity contribution in [3.05, 3.63) is 64.1 Å². The van der Waals surface area contributed by atoms with Crippen molar-refractivity contribution in [2.75, 3.05) is 14.2 Å². The molecule has 3 rings (SSSR count). The van der Waals surface area contributed by atoms with Crippen molar-refractivity contribution in [1.82, 2.24) is 15.8 Å². The van der Waals surface area contributed by atoms with Crippen molar-refractivity contribution in [2.45, 2.75) is 24.6 Å². The predicted octanol–water partition coefficient (Wildman–Crippen LogP) is 2.69. The molecule has 2 aromatic rings. The molecule has 8 heteroatoms. The van der Waals surface area contributed by atoms with Crippen LogP contribution in [0.1, 0.15) is 30.0 Å². The van der Waals surface area contributed by atoms with E-state index in [2.05, 4.69) is 15.8 Å². The van der Waals surface area contributed by atoms with E-state index in [4.69, 9.17) is 9.83 Å². The summed E-state index contributed by atoms with van der Waals surface area (Å²) >= 11 is 1.67. The van der Waals surface area contributed by atoms with E-state index in [1.807, 2.05) is 24.3 Å². The summed E-state index contributed by atoms with van der Waals surface area (Å²) in [6, 6.07) is 10.4. The number of carbonyl (C=O) groups is 1. The zero-order chi connectivity index (χ0) is 19.9. The smallest absolute Gasteiger partial charge is 0.248 e. The molecule has 7 nitrogen and oxygen atoms in total. The van der Waals surface area contributed by atoms with E-state index in [1.54, 1.807) is 31.1 Å². The van der Waals surface area contributed by atoms with Gasteiger partial charge in [-0.25, -0.2) is 4.99 Å². The van der Waals surface area contributed by atoms with Gasteiger partial charge in [-0.15, -0.1) is 11.8 Å². The molecule has 1 unspecified atom stereocenters. The van der Waals surface area contributed by atoms with Gasteiger partial charge in [0, 0.05) is 31.0 Å². The van der Waals surface area contributed by atoms with Gasteiger partial charge in [-0.1, -0.05) is 24.3 Å². The van der Waals surface area contributed by atoms with Gasteiger partial charge in [-0.3, -0.25) is 9.59 Å². The van der Waals surface area contributed by atoms with Gasteiger partial charge in [-0.05, 0) is 30.0 Å². The average Bonchev–Trinajstić information content (AvgIpc) is 3.56. The Bertz CT molecular complexity index is 888. The first kappa shape index (κ1) is 20.3. The highest BCUT2D eigenvalue weighted by atomic mass is 32.2. The third kappa shape index (κ3) is 5.31. The summed E-state index contributed by atoms with van der Waals surface area (Å²) < 4.78 is 0. The zero-order valence-corrected chi connectivity index (χ0v) is 16.7. The summed E-state index contributed by atoms with van der Waals surface area (Å²) in [6.45, 7) is 0.